The van der Waals surface area contributed by atoms with Crippen molar-refractivity contribution in [3.63, 3.8) is 0 Å². The summed E-state index contributed by atoms with van der Waals surface area (Å²) in [5, 5.41) is 2.42. The number of nitrogens with one attached hydrogen (secondary N) is 2. The Morgan fingerprint density at radius 3 is 2.32 bits per heavy atom. The first-order chi connectivity index (χ1) is 13.0. The summed E-state index contributed by atoms with van der Waals surface area (Å²) in [5.41, 5.74) is -0.954. The van der Waals surface area contributed by atoms with Gasteiger partial charge in [-0.2, -0.15) is 17.9 Å². The number of hydrogen-bond donors (Lipinski definition) is 2. The predicted molar refractivity (Wildman–Crippen MR) is 94.3 cm³/mol. The Bertz CT molecular complexity index is 946. The molecule has 0 saturated heterocycles. The summed E-state index contributed by atoms with van der Waals surface area (Å²) < 4.78 is 79.2. The van der Waals surface area contributed by atoms with Crippen molar-refractivity contribution in [2.75, 3.05) is 6.54 Å². The van der Waals surface area contributed by atoms with Gasteiger partial charge in [0, 0.05) is 6.54 Å². The maximum Gasteiger partial charge on any atom is 0.417 e. The average Bonchev–Trinajstić information content (AvgIpc) is 2.62. The van der Waals surface area contributed by atoms with E-state index >= 15 is 0 Å². The molecule has 0 heterocycles. The van der Waals surface area contributed by atoms with E-state index in [1.807, 2.05) is 4.72 Å². The Hall–Kier alpha value is -2.46. The van der Waals surface area contributed by atoms with Crippen molar-refractivity contribution < 1.29 is 30.8 Å². The second-order valence-electron chi connectivity index (χ2n) is 5.97. The van der Waals surface area contributed by atoms with Crippen molar-refractivity contribution in [3.8, 4) is 0 Å². The Balaban J connectivity index is 2.02. The first kappa shape index (κ1) is 21.8. The number of sulfonamides is 1. The molecule has 2 aromatic carbocycles. The highest BCUT2D eigenvalue weighted by atomic mass is 32.2. The normalized spacial score (nSPS) is 13.2. The Morgan fingerprint density at radius 1 is 1.07 bits per heavy atom. The fourth-order valence-corrected chi connectivity index (χ4v) is 3.89. The molecule has 152 valence electrons. The van der Waals surface area contributed by atoms with Gasteiger partial charge in [0.05, 0.1) is 16.5 Å². The molecule has 0 aliphatic carbocycles. The minimum Gasteiger partial charge on any atom is -0.354 e. The Kier molecular flexibility index (Phi) is 6.78. The molecule has 2 aromatic rings. The highest BCUT2D eigenvalue weighted by molar-refractivity contribution is 7.89. The number of rotatable bonds is 7. The molecule has 0 saturated carbocycles. The molecule has 0 bridgehead atoms. The summed E-state index contributed by atoms with van der Waals surface area (Å²) in [6, 6.07) is 8.33. The van der Waals surface area contributed by atoms with Gasteiger partial charge in [0.2, 0.25) is 15.9 Å². The van der Waals surface area contributed by atoms with Gasteiger partial charge in [-0.25, -0.2) is 12.8 Å². The number of benzene rings is 2. The zero-order valence-corrected chi connectivity index (χ0v) is 15.6. The van der Waals surface area contributed by atoms with Crippen molar-refractivity contribution in [2.45, 2.75) is 30.5 Å². The summed E-state index contributed by atoms with van der Waals surface area (Å²) in [6.07, 6.45) is -4.69. The number of alkyl halides is 3. The van der Waals surface area contributed by atoms with Crippen LogP contribution in [0.15, 0.2) is 53.4 Å². The minimum absolute atomic E-state index is 0.0327. The van der Waals surface area contributed by atoms with E-state index in [1.54, 1.807) is 12.1 Å². The van der Waals surface area contributed by atoms with Gasteiger partial charge in [-0.05, 0) is 37.1 Å². The van der Waals surface area contributed by atoms with Crippen LogP contribution in [0.25, 0.3) is 0 Å². The second kappa shape index (κ2) is 8.70. The van der Waals surface area contributed by atoms with Crippen molar-refractivity contribution in [2.24, 2.45) is 0 Å². The third kappa shape index (κ3) is 5.52. The molecular weight excluding hydrogens is 400 g/mol. The fourth-order valence-electron chi connectivity index (χ4n) is 2.46. The van der Waals surface area contributed by atoms with E-state index in [0.29, 0.717) is 11.6 Å². The molecule has 28 heavy (non-hydrogen) atoms. The van der Waals surface area contributed by atoms with Gasteiger partial charge in [-0.15, -0.1) is 0 Å². The molecular formula is C18H18F4N2O3S. The number of amides is 1. The van der Waals surface area contributed by atoms with Crippen molar-refractivity contribution in [1.29, 1.82) is 0 Å². The lowest BCUT2D eigenvalue weighted by molar-refractivity contribution is -0.139. The third-order valence-electron chi connectivity index (χ3n) is 3.86. The van der Waals surface area contributed by atoms with Crippen LogP contribution in [0.3, 0.4) is 0 Å². The molecule has 0 unspecified atom stereocenters. The van der Waals surface area contributed by atoms with Gasteiger partial charge in [0.1, 0.15) is 5.82 Å². The van der Waals surface area contributed by atoms with Crippen LogP contribution >= 0.6 is 0 Å². The van der Waals surface area contributed by atoms with Gasteiger partial charge in [0.15, 0.2) is 0 Å². The first-order valence-corrected chi connectivity index (χ1v) is 9.70. The SMILES string of the molecule is C[C@H](NS(=O)(=O)c1ccccc1C(F)(F)F)C(=O)NCCc1ccccc1F. The molecule has 1 amide bonds. The van der Waals surface area contributed by atoms with Gasteiger partial charge < -0.3 is 5.32 Å². The fraction of sp³-hybridized carbons (Fsp3) is 0.278. The molecule has 2 rings (SSSR count). The quantitative estimate of drug-likeness (QED) is 0.679. The van der Waals surface area contributed by atoms with Crippen LogP contribution in [0.5, 0.6) is 0 Å². The second-order valence-corrected chi connectivity index (χ2v) is 7.65. The minimum atomic E-state index is -4.86. The van der Waals surface area contributed by atoms with Crippen LogP contribution in [0.4, 0.5) is 17.6 Å². The average molecular weight is 418 g/mol. The zero-order chi connectivity index (χ0) is 20.9. The molecule has 0 aliphatic heterocycles. The van der Waals surface area contributed by atoms with Crippen LogP contribution in [-0.2, 0) is 27.4 Å². The van der Waals surface area contributed by atoms with Crippen molar-refractivity contribution in [1.82, 2.24) is 10.0 Å². The predicted octanol–water partition coefficient (Wildman–Crippen LogP) is 2.87. The molecule has 5 nitrogen and oxygen atoms in total. The van der Waals surface area contributed by atoms with Crippen LogP contribution in [0.1, 0.15) is 18.1 Å². The monoisotopic (exact) mass is 418 g/mol. The maximum atomic E-state index is 13.5. The van der Waals surface area contributed by atoms with Gasteiger partial charge >= 0.3 is 6.18 Å². The summed E-state index contributed by atoms with van der Waals surface area (Å²) in [5.74, 6) is -1.18. The van der Waals surface area contributed by atoms with E-state index in [1.165, 1.54) is 19.1 Å². The summed E-state index contributed by atoms with van der Waals surface area (Å²) in [4.78, 5) is 11.1. The van der Waals surface area contributed by atoms with Crippen LogP contribution in [0.2, 0.25) is 0 Å². The summed E-state index contributed by atoms with van der Waals surface area (Å²) in [7, 11) is -4.59. The molecule has 0 radical (unpaired) electrons. The number of hydrogen-bond acceptors (Lipinski definition) is 3. The smallest absolute Gasteiger partial charge is 0.354 e. The van der Waals surface area contributed by atoms with Crippen molar-refractivity contribution >= 4 is 15.9 Å². The molecule has 0 spiro atoms. The molecule has 2 N–H and O–H groups in total. The third-order valence-corrected chi connectivity index (χ3v) is 5.46. The van der Waals surface area contributed by atoms with Crippen LogP contribution < -0.4 is 10.0 Å². The van der Waals surface area contributed by atoms with E-state index in [0.717, 1.165) is 18.2 Å². The van der Waals surface area contributed by atoms with E-state index < -0.39 is 44.4 Å². The van der Waals surface area contributed by atoms with Gasteiger partial charge in [-0.3, -0.25) is 4.79 Å². The molecule has 0 aliphatic rings. The first-order valence-electron chi connectivity index (χ1n) is 8.22. The van der Waals surface area contributed by atoms with E-state index in [-0.39, 0.29) is 13.0 Å². The summed E-state index contributed by atoms with van der Waals surface area (Å²) >= 11 is 0. The highest BCUT2D eigenvalue weighted by Gasteiger charge is 2.37. The summed E-state index contributed by atoms with van der Waals surface area (Å²) in [6.45, 7) is 1.23. The van der Waals surface area contributed by atoms with Crippen LogP contribution in [0, 0.1) is 5.82 Å². The van der Waals surface area contributed by atoms with E-state index in [9.17, 15) is 30.8 Å². The molecule has 10 heteroatoms. The lowest BCUT2D eigenvalue weighted by Crippen LogP contribution is -2.45. The molecule has 0 fully saturated rings. The zero-order valence-electron chi connectivity index (χ0n) is 14.8. The highest BCUT2D eigenvalue weighted by Crippen LogP contribution is 2.33. The molecule has 0 aromatic heterocycles. The largest absolute Gasteiger partial charge is 0.417 e. The number of carbonyl (C=O) groups excluding carboxylic acids is 1. The topological polar surface area (TPSA) is 75.3 Å². The number of carbonyl (C=O) groups is 1. The Morgan fingerprint density at radius 2 is 1.68 bits per heavy atom. The Labute approximate surface area is 159 Å². The molecule has 1 atom stereocenters. The maximum absolute atomic E-state index is 13.5. The lowest BCUT2D eigenvalue weighted by atomic mass is 10.1. The van der Waals surface area contributed by atoms with E-state index in [4.69, 9.17) is 0 Å². The standard InChI is InChI=1S/C18H18F4N2O3S/c1-12(17(25)23-11-10-13-6-2-4-8-15(13)19)24-28(26,27)16-9-5-3-7-14(16)18(20,21)22/h2-9,12,24H,10-11H2,1H3,(H,23,25)/t12-/m0/s1. The van der Waals surface area contributed by atoms with Crippen LogP contribution in [-0.4, -0.2) is 26.9 Å². The van der Waals surface area contributed by atoms with Gasteiger partial charge in [0.25, 0.3) is 0 Å². The number of halogens is 4. The lowest BCUT2D eigenvalue weighted by Gasteiger charge is -2.17. The van der Waals surface area contributed by atoms with E-state index in [2.05, 4.69) is 5.32 Å². The van der Waals surface area contributed by atoms with Crippen molar-refractivity contribution in [3.05, 3.63) is 65.5 Å². The van der Waals surface area contributed by atoms with Gasteiger partial charge in [-0.1, -0.05) is 30.3 Å².